The number of amides is 2. The minimum atomic E-state index is -0.524. The number of benzene rings is 2. The van der Waals surface area contributed by atoms with E-state index >= 15 is 0 Å². The summed E-state index contributed by atoms with van der Waals surface area (Å²) >= 11 is 0. The Morgan fingerprint density at radius 3 is 2.54 bits per heavy atom. The highest BCUT2D eigenvalue weighted by Gasteiger charge is 2.35. The lowest BCUT2D eigenvalue weighted by Crippen LogP contribution is -2.45. The smallest absolute Gasteiger partial charge is 0.293 e. The first-order valence-electron chi connectivity index (χ1n) is 9.01. The van der Waals surface area contributed by atoms with Crippen LogP contribution in [0.4, 0.5) is 17.1 Å². The molecular weight excluding hydrogens is 360 g/mol. The zero-order chi connectivity index (χ0) is 20.3. The van der Waals surface area contributed by atoms with Gasteiger partial charge < -0.3 is 15.1 Å². The maximum Gasteiger partial charge on any atom is 0.293 e. The monoisotopic (exact) mass is 382 g/mol. The summed E-state index contributed by atoms with van der Waals surface area (Å²) in [5.74, 6) is -0.505. The van der Waals surface area contributed by atoms with Gasteiger partial charge in [-0.3, -0.25) is 19.7 Å². The number of hydrogen-bond donors (Lipinski definition) is 1. The first kappa shape index (κ1) is 19.3. The van der Waals surface area contributed by atoms with Crippen LogP contribution in [0.2, 0.25) is 0 Å². The lowest BCUT2D eigenvalue weighted by molar-refractivity contribution is -0.383. The number of likely N-dealkylation sites (N-methyl/N-ethyl adjacent to an activating group) is 1. The van der Waals surface area contributed by atoms with Crippen LogP contribution >= 0.6 is 0 Å². The molecule has 0 aromatic heterocycles. The summed E-state index contributed by atoms with van der Waals surface area (Å²) in [5.41, 5.74) is 1.02. The van der Waals surface area contributed by atoms with Crippen molar-refractivity contribution in [1.29, 1.82) is 0 Å². The van der Waals surface area contributed by atoms with Crippen LogP contribution in [0, 0.1) is 10.1 Å². The van der Waals surface area contributed by atoms with Gasteiger partial charge in [0, 0.05) is 38.0 Å². The zero-order valence-electron chi connectivity index (χ0n) is 15.8. The van der Waals surface area contributed by atoms with Crippen molar-refractivity contribution in [2.75, 3.05) is 26.0 Å². The molecule has 0 bridgehead atoms. The van der Waals surface area contributed by atoms with Crippen LogP contribution in [0.1, 0.15) is 23.2 Å². The van der Waals surface area contributed by atoms with Crippen molar-refractivity contribution in [3.63, 3.8) is 0 Å². The van der Waals surface area contributed by atoms with Gasteiger partial charge in [0.05, 0.1) is 4.92 Å². The number of para-hydroxylation sites is 1. The fraction of sp³-hybridized carbons (Fsp3) is 0.300. The molecule has 8 nitrogen and oxygen atoms in total. The highest BCUT2D eigenvalue weighted by molar-refractivity contribution is 5.99. The predicted molar refractivity (Wildman–Crippen MR) is 106 cm³/mol. The van der Waals surface area contributed by atoms with Crippen molar-refractivity contribution in [3.8, 4) is 0 Å². The standard InChI is InChI=1S/C20H22N4O4/c1-22(2)20(26)17-9-6-12-23(17)19(25)14-10-11-16(18(13-14)24(27)28)21-15-7-4-3-5-8-15/h3-5,7-8,10-11,13,17,21H,6,9,12H2,1-2H3. The molecule has 146 valence electrons. The summed E-state index contributed by atoms with van der Waals surface area (Å²) in [4.78, 5) is 39.3. The van der Waals surface area contributed by atoms with Crippen LogP contribution in [0.3, 0.4) is 0 Å². The summed E-state index contributed by atoms with van der Waals surface area (Å²) in [7, 11) is 3.30. The molecular formula is C20H22N4O4. The lowest BCUT2D eigenvalue weighted by atomic mass is 10.1. The highest BCUT2D eigenvalue weighted by Crippen LogP contribution is 2.30. The maximum atomic E-state index is 12.9. The molecule has 3 rings (SSSR count). The average molecular weight is 382 g/mol. The zero-order valence-corrected chi connectivity index (χ0v) is 15.8. The third kappa shape index (κ3) is 3.95. The number of nitro benzene ring substituents is 1. The van der Waals surface area contributed by atoms with E-state index in [1.807, 2.05) is 18.2 Å². The van der Waals surface area contributed by atoms with Gasteiger partial charge in [0.2, 0.25) is 5.91 Å². The largest absolute Gasteiger partial charge is 0.350 e. The molecule has 1 saturated heterocycles. The number of nitrogens with zero attached hydrogens (tertiary/aromatic N) is 3. The van der Waals surface area contributed by atoms with Crippen molar-refractivity contribution < 1.29 is 14.5 Å². The molecule has 28 heavy (non-hydrogen) atoms. The molecule has 1 atom stereocenters. The third-order valence-corrected chi connectivity index (χ3v) is 4.73. The summed E-state index contributed by atoms with van der Waals surface area (Å²) in [5, 5.41) is 14.6. The number of carbonyl (C=O) groups excluding carboxylic acids is 2. The Morgan fingerprint density at radius 2 is 1.89 bits per heavy atom. The van der Waals surface area contributed by atoms with Crippen LogP contribution in [0.15, 0.2) is 48.5 Å². The van der Waals surface area contributed by atoms with Crippen LogP contribution < -0.4 is 5.32 Å². The van der Waals surface area contributed by atoms with Gasteiger partial charge in [0.15, 0.2) is 0 Å². The fourth-order valence-electron chi connectivity index (χ4n) is 3.33. The van der Waals surface area contributed by atoms with Crippen LogP contribution in [0.5, 0.6) is 0 Å². The second-order valence-corrected chi connectivity index (χ2v) is 6.87. The molecule has 0 spiro atoms. The highest BCUT2D eigenvalue weighted by atomic mass is 16.6. The minimum absolute atomic E-state index is 0.136. The molecule has 1 N–H and O–H groups in total. The summed E-state index contributed by atoms with van der Waals surface area (Å²) in [6.45, 7) is 0.459. The van der Waals surface area contributed by atoms with E-state index in [1.165, 1.54) is 21.9 Å². The SMILES string of the molecule is CN(C)C(=O)C1CCCN1C(=O)c1ccc(Nc2ccccc2)c([N+](=O)[O-])c1. The molecule has 0 aliphatic carbocycles. The third-order valence-electron chi connectivity index (χ3n) is 4.73. The Labute approximate surface area is 162 Å². The number of hydrogen-bond acceptors (Lipinski definition) is 5. The van der Waals surface area contributed by atoms with E-state index in [1.54, 1.807) is 32.3 Å². The Kier molecular flexibility index (Phi) is 5.58. The number of nitro groups is 1. The predicted octanol–water partition coefficient (Wildman–Crippen LogP) is 3.03. The number of likely N-dealkylation sites (tertiary alicyclic amines) is 1. The van der Waals surface area contributed by atoms with Crippen LogP contribution in [-0.2, 0) is 4.79 Å². The first-order valence-corrected chi connectivity index (χ1v) is 9.01. The summed E-state index contributed by atoms with van der Waals surface area (Å²) < 4.78 is 0. The summed E-state index contributed by atoms with van der Waals surface area (Å²) in [6.07, 6.45) is 1.32. The van der Waals surface area contributed by atoms with Gasteiger partial charge >= 0.3 is 0 Å². The van der Waals surface area contributed by atoms with Crippen LogP contribution in [-0.4, -0.2) is 53.2 Å². The number of anilines is 2. The van der Waals surface area contributed by atoms with E-state index < -0.39 is 11.0 Å². The number of rotatable bonds is 5. The van der Waals surface area contributed by atoms with Crippen molar-refractivity contribution >= 4 is 28.9 Å². The van der Waals surface area contributed by atoms with Gasteiger partial charge in [-0.05, 0) is 37.1 Å². The average Bonchev–Trinajstić information content (AvgIpc) is 3.17. The van der Waals surface area contributed by atoms with Crippen molar-refractivity contribution in [2.45, 2.75) is 18.9 Å². The van der Waals surface area contributed by atoms with Crippen LogP contribution in [0.25, 0.3) is 0 Å². The fourth-order valence-corrected chi connectivity index (χ4v) is 3.33. The van der Waals surface area contributed by atoms with Crippen molar-refractivity contribution in [1.82, 2.24) is 9.80 Å². The molecule has 2 aromatic carbocycles. The van der Waals surface area contributed by atoms with Crippen molar-refractivity contribution in [3.05, 3.63) is 64.2 Å². The van der Waals surface area contributed by atoms with Gasteiger partial charge in [-0.25, -0.2) is 0 Å². The molecule has 8 heteroatoms. The van der Waals surface area contributed by atoms with Gasteiger partial charge in [-0.15, -0.1) is 0 Å². The first-order chi connectivity index (χ1) is 13.4. The Hall–Kier alpha value is -3.42. The Morgan fingerprint density at radius 1 is 1.18 bits per heavy atom. The van der Waals surface area contributed by atoms with E-state index in [4.69, 9.17) is 0 Å². The second kappa shape index (κ2) is 8.08. The van der Waals surface area contributed by atoms with E-state index in [-0.39, 0.29) is 23.1 Å². The number of carbonyl (C=O) groups is 2. The Balaban J connectivity index is 1.88. The van der Waals surface area contributed by atoms with E-state index in [0.717, 1.165) is 6.42 Å². The van der Waals surface area contributed by atoms with Gasteiger partial charge in [0.25, 0.3) is 11.6 Å². The van der Waals surface area contributed by atoms with Gasteiger partial charge in [-0.2, -0.15) is 0 Å². The molecule has 1 aliphatic rings. The maximum absolute atomic E-state index is 12.9. The molecule has 0 saturated carbocycles. The van der Waals surface area contributed by atoms with Gasteiger partial charge in [-0.1, -0.05) is 18.2 Å². The molecule has 2 amide bonds. The normalized spacial score (nSPS) is 15.9. The lowest BCUT2D eigenvalue weighted by Gasteiger charge is -2.26. The van der Waals surface area contributed by atoms with Gasteiger partial charge in [0.1, 0.15) is 11.7 Å². The molecule has 1 unspecified atom stereocenters. The topological polar surface area (TPSA) is 95.8 Å². The van der Waals surface area contributed by atoms with E-state index in [2.05, 4.69) is 5.32 Å². The van der Waals surface area contributed by atoms with E-state index in [9.17, 15) is 19.7 Å². The second-order valence-electron chi connectivity index (χ2n) is 6.87. The molecule has 1 heterocycles. The van der Waals surface area contributed by atoms with E-state index in [0.29, 0.717) is 24.3 Å². The van der Waals surface area contributed by atoms with Crippen molar-refractivity contribution in [2.24, 2.45) is 0 Å². The molecule has 1 fully saturated rings. The Bertz CT molecular complexity index is 898. The molecule has 0 radical (unpaired) electrons. The summed E-state index contributed by atoms with van der Waals surface area (Å²) in [6, 6.07) is 12.9. The molecule has 2 aromatic rings. The number of nitrogens with one attached hydrogen (secondary N) is 1. The molecule has 1 aliphatic heterocycles. The quantitative estimate of drug-likeness (QED) is 0.633. The minimum Gasteiger partial charge on any atom is -0.350 e.